The van der Waals surface area contributed by atoms with Crippen LogP contribution in [0.1, 0.15) is 23.6 Å². The minimum atomic E-state index is -0.950. The molecule has 0 fully saturated rings. The minimum absolute atomic E-state index is 0.324. The van der Waals surface area contributed by atoms with E-state index in [1.807, 2.05) is 42.5 Å². The van der Waals surface area contributed by atoms with E-state index in [0.29, 0.717) is 19.6 Å². The standard InChI is InChI=1S/C27H26O5/c1-3-31-26(27(28)29)16-18-8-10-19(11-9-18)32-15-14-24-21-6-4-5-7-22(21)25-17-20(30-2)12-13-23(24)25/h4-14,17,26H,3,15-16H2,1-2H3,(H,28,29)/b24-14+. The third kappa shape index (κ3) is 4.53. The van der Waals surface area contributed by atoms with Gasteiger partial charge in [0.15, 0.2) is 6.10 Å². The van der Waals surface area contributed by atoms with Gasteiger partial charge in [0, 0.05) is 13.0 Å². The van der Waals surface area contributed by atoms with Gasteiger partial charge >= 0.3 is 5.97 Å². The van der Waals surface area contributed by atoms with Crippen LogP contribution in [0.2, 0.25) is 0 Å². The molecule has 0 saturated carbocycles. The molecule has 3 aromatic rings. The molecule has 1 aliphatic carbocycles. The van der Waals surface area contributed by atoms with Crippen LogP contribution >= 0.6 is 0 Å². The minimum Gasteiger partial charge on any atom is -0.497 e. The van der Waals surface area contributed by atoms with Crippen LogP contribution in [0.15, 0.2) is 72.8 Å². The molecule has 164 valence electrons. The Hall–Kier alpha value is -3.57. The zero-order valence-electron chi connectivity index (χ0n) is 18.2. The van der Waals surface area contributed by atoms with Crippen molar-refractivity contribution in [1.29, 1.82) is 0 Å². The average molecular weight is 431 g/mol. The average Bonchev–Trinajstić information content (AvgIpc) is 3.13. The molecule has 0 aliphatic heterocycles. The van der Waals surface area contributed by atoms with Gasteiger partial charge in [0.25, 0.3) is 0 Å². The van der Waals surface area contributed by atoms with E-state index in [2.05, 4.69) is 30.3 Å². The largest absolute Gasteiger partial charge is 0.497 e. The first-order valence-corrected chi connectivity index (χ1v) is 10.6. The number of rotatable bonds is 9. The summed E-state index contributed by atoms with van der Waals surface area (Å²) in [6.07, 6.45) is 1.59. The molecule has 3 aromatic carbocycles. The molecule has 1 aliphatic rings. The Morgan fingerprint density at radius 1 is 0.938 bits per heavy atom. The number of fused-ring (bicyclic) bond motifs is 3. The highest BCUT2D eigenvalue weighted by molar-refractivity contribution is 6.01. The van der Waals surface area contributed by atoms with Crippen molar-refractivity contribution in [2.24, 2.45) is 0 Å². The lowest BCUT2D eigenvalue weighted by molar-refractivity contribution is -0.149. The number of carbonyl (C=O) groups is 1. The predicted octanol–water partition coefficient (Wildman–Crippen LogP) is 5.22. The second-order valence-corrected chi connectivity index (χ2v) is 7.52. The van der Waals surface area contributed by atoms with E-state index in [-0.39, 0.29) is 0 Å². The fourth-order valence-electron chi connectivity index (χ4n) is 4.00. The Balaban J connectivity index is 1.47. The lowest BCUT2D eigenvalue weighted by Gasteiger charge is -2.12. The van der Waals surface area contributed by atoms with Gasteiger partial charge in [-0.15, -0.1) is 0 Å². The molecule has 5 nitrogen and oxygen atoms in total. The number of aliphatic carboxylic acids is 1. The van der Waals surface area contributed by atoms with E-state index in [1.54, 1.807) is 14.0 Å². The Labute approximate surface area is 187 Å². The van der Waals surface area contributed by atoms with Gasteiger partial charge in [0.2, 0.25) is 0 Å². The first-order chi connectivity index (χ1) is 15.6. The Bertz CT molecular complexity index is 1130. The van der Waals surface area contributed by atoms with Crippen molar-refractivity contribution in [3.8, 4) is 22.6 Å². The molecule has 0 bridgehead atoms. The maximum Gasteiger partial charge on any atom is 0.333 e. The van der Waals surface area contributed by atoms with Crippen LogP contribution in [-0.4, -0.2) is 37.5 Å². The SMILES string of the molecule is CCOC(Cc1ccc(OC/C=C2\c3ccccc3-c3cc(OC)ccc32)cc1)C(=O)O. The van der Waals surface area contributed by atoms with Crippen molar-refractivity contribution in [2.45, 2.75) is 19.4 Å². The van der Waals surface area contributed by atoms with E-state index in [1.165, 1.54) is 16.7 Å². The predicted molar refractivity (Wildman–Crippen MR) is 124 cm³/mol. The van der Waals surface area contributed by atoms with Gasteiger partial charge in [-0.2, -0.15) is 0 Å². The summed E-state index contributed by atoms with van der Waals surface area (Å²) in [7, 11) is 1.68. The summed E-state index contributed by atoms with van der Waals surface area (Å²) in [5, 5.41) is 9.25. The number of carboxylic acid groups (broad SMARTS) is 1. The number of hydrogen-bond donors (Lipinski definition) is 1. The fourth-order valence-corrected chi connectivity index (χ4v) is 4.00. The van der Waals surface area contributed by atoms with Crippen LogP contribution in [0.25, 0.3) is 16.7 Å². The van der Waals surface area contributed by atoms with Crippen molar-refractivity contribution in [1.82, 2.24) is 0 Å². The highest BCUT2D eigenvalue weighted by atomic mass is 16.5. The number of carboxylic acids is 1. The van der Waals surface area contributed by atoms with Crippen LogP contribution in [0.4, 0.5) is 0 Å². The molecular weight excluding hydrogens is 404 g/mol. The second-order valence-electron chi connectivity index (χ2n) is 7.52. The molecule has 0 radical (unpaired) electrons. The normalized spacial score (nSPS) is 14.0. The first kappa shape index (κ1) is 21.7. The number of benzene rings is 3. The van der Waals surface area contributed by atoms with Crippen LogP contribution < -0.4 is 9.47 Å². The van der Waals surface area contributed by atoms with E-state index in [9.17, 15) is 9.90 Å². The fraction of sp³-hybridized carbons (Fsp3) is 0.222. The van der Waals surface area contributed by atoms with Gasteiger partial charge in [-0.25, -0.2) is 4.79 Å². The molecule has 0 amide bonds. The van der Waals surface area contributed by atoms with Gasteiger partial charge in [-0.3, -0.25) is 0 Å². The topological polar surface area (TPSA) is 65.0 Å². The van der Waals surface area contributed by atoms with Crippen molar-refractivity contribution >= 4 is 11.5 Å². The zero-order chi connectivity index (χ0) is 22.5. The molecule has 32 heavy (non-hydrogen) atoms. The van der Waals surface area contributed by atoms with E-state index in [4.69, 9.17) is 14.2 Å². The summed E-state index contributed by atoms with van der Waals surface area (Å²) in [4.78, 5) is 11.3. The smallest absolute Gasteiger partial charge is 0.333 e. The van der Waals surface area contributed by atoms with Crippen LogP contribution in [0, 0.1) is 0 Å². The van der Waals surface area contributed by atoms with Crippen molar-refractivity contribution in [3.63, 3.8) is 0 Å². The molecule has 1 unspecified atom stereocenters. The number of hydrogen-bond acceptors (Lipinski definition) is 4. The Kier molecular flexibility index (Phi) is 6.57. The number of methoxy groups -OCH3 is 1. The lowest BCUT2D eigenvalue weighted by Crippen LogP contribution is -2.26. The third-order valence-corrected chi connectivity index (χ3v) is 5.55. The monoisotopic (exact) mass is 430 g/mol. The molecule has 1 atom stereocenters. The summed E-state index contributed by atoms with van der Waals surface area (Å²) < 4.78 is 16.6. The van der Waals surface area contributed by atoms with Gasteiger partial charge in [-0.05, 0) is 70.7 Å². The summed E-state index contributed by atoms with van der Waals surface area (Å²) in [5.41, 5.74) is 6.75. The van der Waals surface area contributed by atoms with E-state index < -0.39 is 12.1 Å². The molecular formula is C27H26O5. The quantitative estimate of drug-likeness (QED) is 0.394. The molecule has 0 aromatic heterocycles. The lowest BCUT2D eigenvalue weighted by atomic mass is 10.0. The maximum absolute atomic E-state index is 11.3. The summed E-state index contributed by atoms with van der Waals surface area (Å²) >= 11 is 0. The zero-order valence-corrected chi connectivity index (χ0v) is 18.2. The van der Waals surface area contributed by atoms with Gasteiger partial charge < -0.3 is 19.3 Å². The van der Waals surface area contributed by atoms with E-state index >= 15 is 0 Å². The Morgan fingerprint density at radius 3 is 2.31 bits per heavy atom. The van der Waals surface area contributed by atoms with Crippen LogP contribution in [0.3, 0.4) is 0 Å². The van der Waals surface area contributed by atoms with Crippen LogP contribution in [0.5, 0.6) is 11.5 Å². The van der Waals surface area contributed by atoms with Crippen molar-refractivity contribution in [3.05, 3.63) is 89.5 Å². The highest BCUT2D eigenvalue weighted by Crippen LogP contribution is 2.45. The molecule has 0 heterocycles. The van der Waals surface area contributed by atoms with Gasteiger partial charge in [-0.1, -0.05) is 42.5 Å². The van der Waals surface area contributed by atoms with Gasteiger partial charge in [0.05, 0.1) is 7.11 Å². The molecule has 4 rings (SSSR count). The first-order valence-electron chi connectivity index (χ1n) is 10.6. The third-order valence-electron chi connectivity index (χ3n) is 5.55. The van der Waals surface area contributed by atoms with Crippen molar-refractivity contribution < 1.29 is 24.1 Å². The highest BCUT2D eigenvalue weighted by Gasteiger charge is 2.23. The van der Waals surface area contributed by atoms with E-state index in [0.717, 1.165) is 28.2 Å². The number of ether oxygens (including phenoxy) is 3. The summed E-state index contributed by atoms with van der Waals surface area (Å²) in [5.74, 6) is 0.620. The maximum atomic E-state index is 11.3. The van der Waals surface area contributed by atoms with Crippen LogP contribution in [-0.2, 0) is 16.0 Å². The molecule has 0 saturated heterocycles. The summed E-state index contributed by atoms with van der Waals surface area (Å²) in [6, 6.07) is 22.0. The summed E-state index contributed by atoms with van der Waals surface area (Å²) in [6.45, 7) is 2.58. The molecule has 0 spiro atoms. The van der Waals surface area contributed by atoms with Gasteiger partial charge in [0.1, 0.15) is 18.1 Å². The Morgan fingerprint density at radius 2 is 1.62 bits per heavy atom. The molecule has 5 heteroatoms. The van der Waals surface area contributed by atoms with Crippen molar-refractivity contribution in [2.75, 3.05) is 20.3 Å². The second kappa shape index (κ2) is 9.71. The molecule has 1 N–H and O–H groups in total.